The van der Waals surface area contributed by atoms with Crippen LogP contribution in [0.5, 0.6) is 5.75 Å². The van der Waals surface area contributed by atoms with E-state index in [9.17, 15) is 14.7 Å². The molecule has 5 nitrogen and oxygen atoms in total. The topological polar surface area (TPSA) is 66.8 Å². The van der Waals surface area contributed by atoms with E-state index in [1.807, 2.05) is 24.3 Å². The van der Waals surface area contributed by atoms with Gasteiger partial charge in [0.05, 0.1) is 23.9 Å². The van der Waals surface area contributed by atoms with Gasteiger partial charge in [-0.2, -0.15) is 0 Å². The predicted octanol–water partition coefficient (Wildman–Crippen LogP) is 2.92. The maximum Gasteiger partial charge on any atom is 0.327 e. The van der Waals surface area contributed by atoms with Gasteiger partial charge in [0.2, 0.25) is 0 Å². The molecule has 1 aromatic rings. The van der Waals surface area contributed by atoms with Crippen LogP contribution in [0.1, 0.15) is 13.3 Å². The van der Waals surface area contributed by atoms with Crippen LogP contribution >= 0.6 is 35.7 Å². The Morgan fingerprint density at radius 1 is 1.46 bits per heavy atom. The van der Waals surface area contributed by atoms with Crippen LogP contribution in [0.2, 0.25) is 0 Å². The Labute approximate surface area is 155 Å². The van der Waals surface area contributed by atoms with Crippen LogP contribution in [0.15, 0.2) is 29.2 Å². The fourth-order valence-corrected chi connectivity index (χ4v) is 5.63. The predicted molar refractivity (Wildman–Crippen MR) is 101 cm³/mol. The lowest BCUT2D eigenvalue weighted by Crippen LogP contribution is -2.46. The van der Waals surface area contributed by atoms with Crippen molar-refractivity contribution in [3.05, 3.63) is 24.3 Å². The summed E-state index contributed by atoms with van der Waals surface area (Å²) in [5.41, 5.74) is 0. The van der Waals surface area contributed by atoms with Crippen molar-refractivity contribution in [2.45, 2.75) is 29.7 Å². The van der Waals surface area contributed by atoms with Gasteiger partial charge in [0.1, 0.15) is 17.6 Å². The van der Waals surface area contributed by atoms with Crippen molar-refractivity contribution >= 4 is 52.5 Å². The van der Waals surface area contributed by atoms with E-state index in [0.717, 1.165) is 10.6 Å². The first kappa shape index (κ1) is 19.1. The molecule has 1 fully saturated rings. The van der Waals surface area contributed by atoms with Crippen molar-refractivity contribution in [3.63, 3.8) is 0 Å². The van der Waals surface area contributed by atoms with Crippen molar-refractivity contribution in [2.24, 2.45) is 0 Å². The molecule has 130 valence electrons. The van der Waals surface area contributed by atoms with E-state index in [1.165, 1.54) is 6.92 Å². The zero-order valence-corrected chi connectivity index (χ0v) is 15.9. The fraction of sp³-hybridized carbons (Fsp3) is 0.438. The molecule has 1 aromatic carbocycles. The van der Waals surface area contributed by atoms with Gasteiger partial charge < -0.3 is 14.7 Å². The molecule has 2 unspecified atom stereocenters. The molecule has 0 radical (unpaired) electrons. The number of thiocarbonyl (C=S) groups is 1. The molecule has 1 aliphatic heterocycles. The van der Waals surface area contributed by atoms with Crippen LogP contribution in [-0.4, -0.2) is 56.8 Å². The number of para-hydroxylation sites is 1. The number of rotatable bonds is 7. The smallest absolute Gasteiger partial charge is 0.327 e. The number of ether oxygens (including phenoxy) is 1. The number of ketones is 1. The molecule has 0 aromatic heterocycles. The molecule has 0 amide bonds. The summed E-state index contributed by atoms with van der Waals surface area (Å²) in [4.78, 5) is 26.0. The lowest BCUT2D eigenvalue weighted by molar-refractivity contribution is -0.140. The van der Waals surface area contributed by atoms with Crippen molar-refractivity contribution in [1.82, 2.24) is 4.90 Å². The zero-order chi connectivity index (χ0) is 17.7. The minimum Gasteiger partial charge on any atom is -0.496 e. The number of thioether (sulfide) groups is 2. The standard InChI is InChI=1S/C16H19NO4S3/c1-10(18)7-14(22)17-11(16(19)20)8-24-15(17)9-23-13-6-4-3-5-12(13)21-2/h3-6,11,15H,7-9H2,1-2H3,(H,19,20). The Morgan fingerprint density at radius 2 is 2.17 bits per heavy atom. The highest BCUT2D eigenvalue weighted by atomic mass is 32.2. The van der Waals surface area contributed by atoms with Crippen LogP contribution in [0.25, 0.3) is 0 Å². The number of carboxylic acids is 1. The Morgan fingerprint density at radius 3 is 2.79 bits per heavy atom. The Bertz CT molecular complexity index is 638. The zero-order valence-electron chi connectivity index (χ0n) is 13.4. The van der Waals surface area contributed by atoms with Gasteiger partial charge in [-0.25, -0.2) is 4.79 Å². The Balaban J connectivity index is 2.11. The third-order valence-electron chi connectivity index (χ3n) is 3.52. The summed E-state index contributed by atoms with van der Waals surface area (Å²) in [5, 5.41) is 9.35. The molecular formula is C16H19NO4S3. The summed E-state index contributed by atoms with van der Waals surface area (Å²) < 4.78 is 5.34. The second-order valence-corrected chi connectivity index (χ2v) is 8.03. The molecule has 0 saturated carbocycles. The molecule has 24 heavy (non-hydrogen) atoms. The van der Waals surface area contributed by atoms with Crippen LogP contribution in [0.4, 0.5) is 0 Å². The number of aliphatic carboxylic acids is 1. The molecule has 2 atom stereocenters. The normalized spacial score (nSPS) is 20.0. The highest BCUT2D eigenvalue weighted by Gasteiger charge is 2.40. The van der Waals surface area contributed by atoms with Crippen LogP contribution < -0.4 is 4.74 Å². The Kier molecular flexibility index (Phi) is 6.94. The van der Waals surface area contributed by atoms with Crippen LogP contribution in [0, 0.1) is 0 Å². The van der Waals surface area contributed by atoms with Gasteiger partial charge in [-0.3, -0.25) is 4.79 Å². The highest BCUT2D eigenvalue weighted by Crippen LogP contribution is 2.36. The van der Waals surface area contributed by atoms with Crippen molar-refractivity contribution in [3.8, 4) is 5.75 Å². The van der Waals surface area contributed by atoms with E-state index in [4.69, 9.17) is 17.0 Å². The molecule has 0 bridgehead atoms. The molecule has 8 heteroatoms. The van der Waals surface area contributed by atoms with Gasteiger partial charge in [-0.05, 0) is 19.1 Å². The number of nitrogens with zero attached hydrogens (tertiary/aromatic N) is 1. The number of methoxy groups -OCH3 is 1. The lowest BCUT2D eigenvalue weighted by Gasteiger charge is -2.29. The van der Waals surface area contributed by atoms with Gasteiger partial charge in [0, 0.05) is 16.4 Å². The second-order valence-electron chi connectivity index (χ2n) is 5.28. The van der Waals surface area contributed by atoms with Gasteiger partial charge in [-0.15, -0.1) is 23.5 Å². The number of Topliss-reactive ketones (excluding diaryl/α,β-unsaturated/α-hetero) is 1. The number of carbonyl (C=O) groups excluding carboxylic acids is 1. The molecule has 1 saturated heterocycles. The quantitative estimate of drug-likeness (QED) is 0.568. The first-order valence-electron chi connectivity index (χ1n) is 7.35. The summed E-state index contributed by atoms with van der Waals surface area (Å²) in [6.07, 6.45) is 0.107. The Hall–Kier alpha value is -1.25. The third-order valence-corrected chi connectivity index (χ3v) is 6.50. The molecule has 0 spiro atoms. The SMILES string of the molecule is COc1ccccc1SCC1SCC(C(=O)O)N1C(=S)CC(C)=O. The first-order chi connectivity index (χ1) is 11.4. The summed E-state index contributed by atoms with van der Waals surface area (Å²) in [6.45, 7) is 1.46. The summed E-state index contributed by atoms with van der Waals surface area (Å²) in [5.74, 6) is 0.950. The van der Waals surface area contributed by atoms with Crippen molar-refractivity contribution < 1.29 is 19.4 Å². The molecule has 1 aliphatic rings. The maximum atomic E-state index is 11.5. The van der Waals surface area contributed by atoms with Gasteiger partial charge in [0.25, 0.3) is 0 Å². The number of carboxylic acid groups (broad SMARTS) is 1. The number of hydrogen-bond acceptors (Lipinski definition) is 6. The maximum absolute atomic E-state index is 11.5. The van der Waals surface area contributed by atoms with Gasteiger partial charge >= 0.3 is 5.97 Å². The molecular weight excluding hydrogens is 366 g/mol. The fourth-order valence-electron chi connectivity index (χ4n) is 2.42. The minimum absolute atomic E-state index is 0.0582. The first-order valence-corrected chi connectivity index (χ1v) is 9.79. The minimum atomic E-state index is -0.904. The highest BCUT2D eigenvalue weighted by molar-refractivity contribution is 8.03. The average Bonchev–Trinajstić information content (AvgIpc) is 2.96. The van der Waals surface area contributed by atoms with Crippen LogP contribution in [-0.2, 0) is 9.59 Å². The van der Waals surface area contributed by atoms with Crippen LogP contribution in [0.3, 0.4) is 0 Å². The number of benzene rings is 1. The summed E-state index contributed by atoms with van der Waals surface area (Å²) in [6, 6.07) is 7.02. The van der Waals surface area contributed by atoms with Crippen molar-refractivity contribution in [2.75, 3.05) is 18.6 Å². The van der Waals surface area contributed by atoms with Gasteiger partial charge in [-0.1, -0.05) is 24.4 Å². The summed E-state index contributed by atoms with van der Waals surface area (Å²) >= 11 is 8.49. The molecule has 1 heterocycles. The van der Waals surface area contributed by atoms with E-state index < -0.39 is 12.0 Å². The van der Waals surface area contributed by atoms with Gasteiger partial charge in [0.15, 0.2) is 0 Å². The number of hydrogen-bond donors (Lipinski definition) is 1. The monoisotopic (exact) mass is 385 g/mol. The molecule has 2 rings (SSSR count). The van der Waals surface area contributed by atoms with Crippen molar-refractivity contribution in [1.29, 1.82) is 0 Å². The van der Waals surface area contributed by atoms with E-state index in [2.05, 4.69) is 0 Å². The molecule has 0 aliphatic carbocycles. The number of carbonyl (C=O) groups is 2. The van der Waals surface area contributed by atoms with E-state index in [-0.39, 0.29) is 17.6 Å². The second kappa shape index (κ2) is 8.73. The molecule has 1 N–H and O–H groups in total. The largest absolute Gasteiger partial charge is 0.496 e. The van der Waals surface area contributed by atoms with E-state index >= 15 is 0 Å². The average molecular weight is 386 g/mol. The third kappa shape index (κ3) is 4.64. The van der Waals surface area contributed by atoms with E-state index in [0.29, 0.717) is 16.5 Å². The lowest BCUT2D eigenvalue weighted by atomic mass is 10.2. The van der Waals surface area contributed by atoms with E-state index in [1.54, 1.807) is 35.5 Å². The summed E-state index contributed by atoms with van der Waals surface area (Å²) in [7, 11) is 1.62.